The molecule has 78 heavy (non-hydrogen) atoms. The molecule has 2 unspecified atom stereocenters. The number of alkyl halides is 2. The number of benzene rings is 6. The van der Waals surface area contributed by atoms with Crippen molar-refractivity contribution in [1.29, 1.82) is 0 Å². The molecular formula is C62H73B6Br2N3O5. The zero-order valence-electron chi connectivity index (χ0n) is 47.6. The fourth-order valence-corrected chi connectivity index (χ4v) is 9.30. The van der Waals surface area contributed by atoms with Gasteiger partial charge in [-0.2, -0.15) is 0 Å². The van der Waals surface area contributed by atoms with Crippen LogP contribution in [0.1, 0.15) is 131 Å². The number of aliphatic hydroxyl groups is 2. The van der Waals surface area contributed by atoms with Crippen LogP contribution < -0.4 is 5.73 Å². The van der Waals surface area contributed by atoms with Crippen LogP contribution in [0.5, 0.6) is 0 Å². The molecule has 6 aromatic carbocycles. The van der Waals surface area contributed by atoms with Crippen molar-refractivity contribution in [2.75, 3.05) is 6.54 Å². The number of rotatable bonds is 4. The lowest BCUT2D eigenvalue weighted by molar-refractivity contribution is 0.0443. The molecule has 2 aliphatic carbocycles. The van der Waals surface area contributed by atoms with E-state index in [1.807, 2.05) is 39.0 Å². The maximum Gasteiger partial charge on any atom is 0.346 e. The summed E-state index contributed by atoms with van der Waals surface area (Å²) in [6.07, 6.45) is 3.91. The summed E-state index contributed by atoms with van der Waals surface area (Å²) in [6, 6.07) is 36.9. The van der Waals surface area contributed by atoms with Crippen molar-refractivity contribution in [3.8, 4) is 0 Å². The van der Waals surface area contributed by atoms with Gasteiger partial charge in [-0.25, -0.2) is 22.7 Å². The van der Waals surface area contributed by atoms with Crippen LogP contribution in [0.4, 0.5) is 0 Å². The Labute approximate surface area is 496 Å². The Morgan fingerprint density at radius 3 is 1.36 bits per heavy atom. The van der Waals surface area contributed by atoms with Gasteiger partial charge in [0.05, 0.1) is 37.2 Å². The molecule has 16 heteroatoms. The molecule has 0 aromatic heterocycles. The van der Waals surface area contributed by atoms with Gasteiger partial charge in [-0.15, -0.1) is 0 Å². The number of aliphatic hydroxyl groups excluding tert-OH is 2. The lowest BCUT2D eigenvalue weighted by Crippen LogP contribution is -2.36. The quantitative estimate of drug-likeness (QED) is 0.0532. The minimum Gasteiger partial charge on any atom is -0.392 e. The summed E-state index contributed by atoms with van der Waals surface area (Å²) in [7, 11) is 0. The van der Waals surface area contributed by atoms with E-state index in [2.05, 4.69) is 174 Å². The molecule has 8 nitrogen and oxygen atoms in total. The van der Waals surface area contributed by atoms with Gasteiger partial charge in [0, 0.05) is 80.5 Å². The second-order valence-electron chi connectivity index (χ2n) is 19.4. The smallest absolute Gasteiger partial charge is 0.346 e. The van der Waals surface area contributed by atoms with E-state index in [9.17, 15) is 9.59 Å². The normalized spacial score (nSPS) is 14.8. The molecule has 398 valence electrons. The molecule has 1 heterocycles. The molecule has 0 bridgehead atoms. The van der Waals surface area contributed by atoms with E-state index in [0.717, 1.165) is 58.6 Å². The fourth-order valence-electron chi connectivity index (χ4n) is 8.23. The highest BCUT2D eigenvalue weighted by Crippen LogP contribution is 2.33. The number of hydrogen-bond acceptors (Lipinski definition) is 6. The SMILES string of the molecule is Cc1ccc(C)c(C)c1.Cc1ccc(CBr)c(CBr)c1.Cc1ccc(CO)c(CO)c1.Cc1ccc2c(c1)C(=O)OC2=O.Cc1ccc2c(c1)CC(C)(N)C2.[B].[B].[B].[B].[B].[B].[C-]#[N+]C1(C)Cc2ccc(C)cc2C1.[C-]#[N+]CC. The molecule has 0 fully saturated rings. The van der Waals surface area contributed by atoms with Crippen molar-refractivity contribution in [2.45, 2.75) is 137 Å². The standard InChI is InChI=1S/C12H13N.C11H15N.C9H10Br2.C9H6O3.C9H12O2.C9H12.C3H5N.6B/c1-9-4-5-10-7-12(2,13-3)8-11(10)6-9;1-8-3-4-9-6-11(2,12)7-10(9)5-8;1-7-2-3-8(5-10)9(4-7)6-11;1-5-2-3-6-7(4-5)9(11)12-8(6)10;1-7-2-3-8(5-10)9(4-7)6-11;1-7-4-5-8(2)9(3)6-7;1-3-4-2;;;;;;/h4-6H,7-8H2,1-2H3;3-5H,6-7,12H2,1-2H3;2-4H,5-6H2,1H3;2-4H,1H3;2-4,10-11H,5-6H2,1H3;4-6H,1-3H3;3H2,1H3;;;;;;. The number of aryl methyl sites for hydroxylation is 8. The zero-order valence-corrected chi connectivity index (χ0v) is 50.7. The lowest BCUT2D eigenvalue weighted by Gasteiger charge is -2.15. The van der Waals surface area contributed by atoms with Crippen LogP contribution in [0.2, 0.25) is 0 Å². The Morgan fingerprint density at radius 2 is 0.885 bits per heavy atom. The number of ether oxygens (including phenoxy) is 1. The lowest BCUT2D eigenvalue weighted by atomic mass is 10.0. The predicted octanol–water partition coefficient (Wildman–Crippen LogP) is 11.9. The number of hydrogen-bond donors (Lipinski definition) is 3. The van der Waals surface area contributed by atoms with Crippen LogP contribution >= 0.6 is 31.9 Å². The van der Waals surface area contributed by atoms with Crippen molar-refractivity contribution in [3.63, 3.8) is 0 Å². The van der Waals surface area contributed by atoms with Crippen LogP contribution in [0.3, 0.4) is 0 Å². The van der Waals surface area contributed by atoms with Gasteiger partial charge in [0.1, 0.15) is 0 Å². The van der Waals surface area contributed by atoms with Gasteiger partial charge in [-0.05, 0) is 143 Å². The molecule has 3 aliphatic rings. The fraction of sp³-hybridized carbons (Fsp3) is 0.355. The Balaban J connectivity index is -0.000000410. The Bertz CT molecular complexity index is 2850. The van der Waals surface area contributed by atoms with Gasteiger partial charge in [0.15, 0.2) is 0 Å². The summed E-state index contributed by atoms with van der Waals surface area (Å²) in [5.74, 6) is -1.09. The summed E-state index contributed by atoms with van der Waals surface area (Å²) in [4.78, 5) is 28.6. The highest BCUT2D eigenvalue weighted by Gasteiger charge is 2.38. The Hall–Kier alpha value is -5.33. The van der Waals surface area contributed by atoms with Crippen LogP contribution in [0, 0.1) is 68.5 Å². The maximum atomic E-state index is 11.0. The van der Waals surface area contributed by atoms with Crippen molar-refractivity contribution >= 4 is 94.3 Å². The van der Waals surface area contributed by atoms with Gasteiger partial charge < -0.3 is 30.4 Å². The van der Waals surface area contributed by atoms with Gasteiger partial charge in [-0.1, -0.05) is 162 Å². The number of fused-ring (bicyclic) bond motifs is 3. The first kappa shape index (κ1) is 79.2. The molecule has 4 N–H and O–H groups in total. The number of carbonyl (C=O) groups is 2. The number of nitrogens with two attached hydrogens (primary N) is 1. The van der Waals surface area contributed by atoms with Gasteiger partial charge in [-0.3, -0.25) is 0 Å². The highest BCUT2D eigenvalue weighted by atomic mass is 79.9. The minimum absolute atomic E-state index is 0. The maximum absolute atomic E-state index is 11.0. The van der Waals surface area contributed by atoms with E-state index >= 15 is 0 Å². The number of cyclic esters (lactones) is 2. The molecule has 2 atom stereocenters. The molecule has 9 rings (SSSR count). The van der Waals surface area contributed by atoms with E-state index < -0.39 is 11.9 Å². The largest absolute Gasteiger partial charge is 0.392 e. The first-order chi connectivity index (χ1) is 34.0. The van der Waals surface area contributed by atoms with Gasteiger partial charge in [0.25, 0.3) is 0 Å². The number of carbonyl (C=O) groups excluding carboxylic acids is 2. The van der Waals surface area contributed by atoms with Crippen molar-refractivity contribution in [3.05, 3.63) is 232 Å². The summed E-state index contributed by atoms with van der Waals surface area (Å²) in [5.41, 5.74) is 26.7. The third-order valence-corrected chi connectivity index (χ3v) is 13.5. The summed E-state index contributed by atoms with van der Waals surface area (Å²) < 4.78 is 4.41. The topological polar surface area (TPSA) is 119 Å². The van der Waals surface area contributed by atoms with Crippen LogP contribution in [-0.4, -0.2) is 90.3 Å². The van der Waals surface area contributed by atoms with E-state index in [1.165, 1.54) is 66.8 Å². The van der Waals surface area contributed by atoms with Crippen molar-refractivity contribution < 1.29 is 24.5 Å². The number of esters is 2. The monoisotopic (exact) mass is 1160 g/mol. The van der Waals surface area contributed by atoms with Crippen LogP contribution in [0.15, 0.2) is 109 Å². The van der Waals surface area contributed by atoms with E-state index in [4.69, 9.17) is 29.1 Å². The van der Waals surface area contributed by atoms with Gasteiger partial charge in [0.2, 0.25) is 12.1 Å². The van der Waals surface area contributed by atoms with E-state index in [0.29, 0.717) is 17.7 Å². The van der Waals surface area contributed by atoms with Crippen LogP contribution in [0.25, 0.3) is 9.69 Å². The first-order valence-electron chi connectivity index (χ1n) is 24.1. The number of halogens is 2. The third-order valence-electron chi connectivity index (χ3n) is 12.3. The molecule has 6 aromatic rings. The zero-order chi connectivity index (χ0) is 53.8. The average molecular weight is 1160 g/mol. The van der Waals surface area contributed by atoms with Crippen LogP contribution in [-0.2, 0) is 54.3 Å². The summed E-state index contributed by atoms with van der Waals surface area (Å²) in [5, 5.41) is 19.6. The summed E-state index contributed by atoms with van der Waals surface area (Å²) in [6.45, 7) is 36.4. The molecule has 0 saturated carbocycles. The second kappa shape index (κ2) is 38.3. The minimum atomic E-state index is -0.546. The van der Waals surface area contributed by atoms with Crippen molar-refractivity contribution in [1.82, 2.24) is 0 Å². The first-order valence-corrected chi connectivity index (χ1v) is 26.4. The molecule has 1 aliphatic heterocycles. The molecule has 0 amide bonds. The van der Waals surface area contributed by atoms with E-state index in [-0.39, 0.29) is 74.8 Å². The second-order valence-corrected chi connectivity index (χ2v) is 20.6. The third kappa shape index (κ3) is 25.2. The molecule has 0 saturated heterocycles. The molecule has 0 spiro atoms. The number of nitrogens with zero attached hydrogens (tertiary/aromatic N) is 2. The van der Waals surface area contributed by atoms with E-state index in [1.54, 1.807) is 18.2 Å². The van der Waals surface area contributed by atoms with Gasteiger partial charge >= 0.3 is 11.9 Å². The van der Waals surface area contributed by atoms with Crippen molar-refractivity contribution in [2.24, 2.45) is 5.73 Å². The molecular weight excluding hydrogens is 1090 g/mol. The highest BCUT2D eigenvalue weighted by molar-refractivity contribution is 9.09. The predicted molar refractivity (Wildman–Crippen MR) is 337 cm³/mol. The molecule has 18 radical (unpaired) electrons. The Kier molecular flexibility index (Phi) is 38.9. The summed E-state index contributed by atoms with van der Waals surface area (Å²) >= 11 is 6.92. The average Bonchev–Trinajstić information content (AvgIpc) is 3.96. The Morgan fingerprint density at radius 1 is 0.500 bits per heavy atom.